The average Bonchev–Trinajstić information content (AvgIpc) is 2.04. The van der Waals surface area contributed by atoms with Crippen LogP contribution >= 0.6 is 0 Å². The second kappa shape index (κ2) is 2.62. The smallest absolute Gasteiger partial charge is 0.159 e. The minimum atomic E-state index is 0.243. The second-order valence-electron chi connectivity index (χ2n) is 3.03. The molecule has 2 rings (SSSR count). The normalized spacial score (nSPS) is 23.8. The van der Waals surface area contributed by atoms with Crippen LogP contribution in [0.25, 0.3) is 0 Å². The minimum Gasteiger partial charge on any atom is -0.313 e. The van der Waals surface area contributed by atoms with Gasteiger partial charge in [0.15, 0.2) is 5.78 Å². The Balaban J connectivity index is 2.26. The summed E-state index contributed by atoms with van der Waals surface area (Å²) in [5.74, 6) is 0.243. The number of hydrogen-bond acceptors (Lipinski definition) is 2. The number of carbonyl (C=O) groups excluding carboxylic acids is 1. The Morgan fingerprint density at radius 2 is 2.27 bits per heavy atom. The molecule has 0 aromatic rings. The van der Waals surface area contributed by atoms with E-state index in [-0.39, 0.29) is 5.78 Å². The van der Waals surface area contributed by atoms with Crippen molar-refractivity contribution in [2.75, 3.05) is 13.1 Å². The van der Waals surface area contributed by atoms with Gasteiger partial charge in [-0.2, -0.15) is 0 Å². The summed E-state index contributed by atoms with van der Waals surface area (Å²) in [6.07, 6.45) is 5.39. The van der Waals surface area contributed by atoms with Gasteiger partial charge in [-0.05, 0) is 30.2 Å². The molecule has 0 spiro atoms. The Morgan fingerprint density at radius 1 is 1.36 bits per heavy atom. The van der Waals surface area contributed by atoms with E-state index in [2.05, 4.69) is 5.32 Å². The molecule has 0 aromatic heterocycles. The van der Waals surface area contributed by atoms with Crippen LogP contribution in [0.4, 0.5) is 0 Å². The number of ketones is 1. The molecule has 0 radical (unpaired) electrons. The van der Waals surface area contributed by atoms with E-state index in [0.29, 0.717) is 6.42 Å². The van der Waals surface area contributed by atoms with Crippen LogP contribution in [0, 0.1) is 0 Å². The van der Waals surface area contributed by atoms with E-state index >= 15 is 0 Å². The summed E-state index contributed by atoms with van der Waals surface area (Å²) >= 11 is 0. The van der Waals surface area contributed by atoms with E-state index in [1.54, 1.807) is 6.08 Å². The Hall–Kier alpha value is -0.890. The van der Waals surface area contributed by atoms with Crippen molar-refractivity contribution in [3.63, 3.8) is 0 Å². The van der Waals surface area contributed by atoms with Gasteiger partial charge >= 0.3 is 0 Å². The lowest BCUT2D eigenvalue weighted by atomic mass is 9.92. The first-order valence-corrected chi connectivity index (χ1v) is 3.99. The highest BCUT2D eigenvalue weighted by atomic mass is 16.1. The predicted molar refractivity (Wildman–Crippen MR) is 43.3 cm³/mol. The summed E-state index contributed by atoms with van der Waals surface area (Å²) in [5, 5.41) is 3.26. The number of carbonyl (C=O) groups is 1. The van der Waals surface area contributed by atoms with E-state index in [9.17, 15) is 4.79 Å². The van der Waals surface area contributed by atoms with Crippen molar-refractivity contribution in [3.05, 3.63) is 23.3 Å². The Bertz CT molecular complexity index is 250. The Morgan fingerprint density at radius 3 is 3.18 bits per heavy atom. The summed E-state index contributed by atoms with van der Waals surface area (Å²) in [5.41, 5.74) is 2.67. The first kappa shape index (κ1) is 6.80. The summed E-state index contributed by atoms with van der Waals surface area (Å²) in [7, 11) is 0. The van der Waals surface area contributed by atoms with Crippen molar-refractivity contribution in [2.24, 2.45) is 0 Å². The van der Waals surface area contributed by atoms with Gasteiger partial charge in [-0.1, -0.05) is 6.08 Å². The fraction of sp³-hybridized carbons (Fsp3) is 0.444. The fourth-order valence-corrected chi connectivity index (χ4v) is 1.59. The van der Waals surface area contributed by atoms with E-state index in [1.165, 1.54) is 11.1 Å². The van der Waals surface area contributed by atoms with Crippen LogP contribution in [0.5, 0.6) is 0 Å². The molecule has 1 N–H and O–H groups in total. The molecule has 0 unspecified atom stereocenters. The molecular formula is C9H11NO. The predicted octanol–water partition coefficient (Wildman–Crippen LogP) is 0.805. The van der Waals surface area contributed by atoms with Gasteiger partial charge in [-0.15, -0.1) is 0 Å². The van der Waals surface area contributed by atoms with Crippen molar-refractivity contribution in [2.45, 2.75) is 12.8 Å². The van der Waals surface area contributed by atoms with Gasteiger partial charge in [0.25, 0.3) is 0 Å². The molecule has 0 bridgehead atoms. The summed E-state index contributed by atoms with van der Waals surface area (Å²) in [4.78, 5) is 11.0. The molecule has 0 saturated carbocycles. The van der Waals surface area contributed by atoms with Crippen molar-refractivity contribution in [1.29, 1.82) is 0 Å². The van der Waals surface area contributed by atoms with E-state index in [4.69, 9.17) is 0 Å². The maximum absolute atomic E-state index is 11.0. The van der Waals surface area contributed by atoms with E-state index in [1.807, 2.05) is 6.08 Å². The summed E-state index contributed by atoms with van der Waals surface area (Å²) < 4.78 is 0. The zero-order valence-electron chi connectivity index (χ0n) is 6.39. The standard InChI is InChI=1S/C9H11NO/c11-9-2-1-7-3-4-10-6-8(7)5-9/h1-2,10H,3-6H2. The van der Waals surface area contributed by atoms with Crippen LogP contribution in [0.15, 0.2) is 23.3 Å². The van der Waals surface area contributed by atoms with E-state index < -0.39 is 0 Å². The molecule has 58 valence electrons. The minimum absolute atomic E-state index is 0.243. The lowest BCUT2D eigenvalue weighted by Gasteiger charge is -2.20. The third-order valence-electron chi connectivity index (χ3n) is 2.22. The zero-order chi connectivity index (χ0) is 7.68. The largest absolute Gasteiger partial charge is 0.313 e. The molecule has 1 aliphatic carbocycles. The van der Waals surface area contributed by atoms with Crippen molar-refractivity contribution in [1.82, 2.24) is 5.32 Å². The third kappa shape index (κ3) is 1.26. The van der Waals surface area contributed by atoms with Gasteiger partial charge in [0, 0.05) is 13.0 Å². The molecule has 0 amide bonds. The highest BCUT2D eigenvalue weighted by molar-refractivity contribution is 5.93. The molecule has 0 saturated heterocycles. The Labute approximate surface area is 66.0 Å². The third-order valence-corrected chi connectivity index (χ3v) is 2.22. The highest BCUT2D eigenvalue weighted by Gasteiger charge is 2.15. The molecule has 0 fully saturated rings. The SMILES string of the molecule is O=C1C=CC2=C(CNCC2)C1. The number of rotatable bonds is 0. The van der Waals surface area contributed by atoms with E-state index in [0.717, 1.165) is 19.5 Å². The van der Waals surface area contributed by atoms with Crippen LogP contribution in [-0.4, -0.2) is 18.9 Å². The van der Waals surface area contributed by atoms with Crippen LogP contribution in [-0.2, 0) is 4.79 Å². The van der Waals surface area contributed by atoms with Gasteiger partial charge in [-0.25, -0.2) is 0 Å². The molecule has 0 atom stereocenters. The molecule has 1 aliphatic heterocycles. The maximum Gasteiger partial charge on any atom is 0.159 e. The number of nitrogens with one attached hydrogen (secondary N) is 1. The lowest BCUT2D eigenvalue weighted by molar-refractivity contribution is -0.114. The molecule has 2 aliphatic rings. The second-order valence-corrected chi connectivity index (χ2v) is 3.03. The maximum atomic E-state index is 11.0. The monoisotopic (exact) mass is 149 g/mol. The molecule has 0 aromatic carbocycles. The van der Waals surface area contributed by atoms with Crippen LogP contribution in [0.2, 0.25) is 0 Å². The molecule has 2 nitrogen and oxygen atoms in total. The first-order valence-electron chi connectivity index (χ1n) is 3.99. The van der Waals surface area contributed by atoms with Crippen molar-refractivity contribution in [3.8, 4) is 0 Å². The first-order chi connectivity index (χ1) is 5.36. The summed E-state index contributed by atoms with van der Waals surface area (Å²) in [6.45, 7) is 1.96. The molecule has 11 heavy (non-hydrogen) atoms. The van der Waals surface area contributed by atoms with Crippen LogP contribution in [0.3, 0.4) is 0 Å². The average molecular weight is 149 g/mol. The van der Waals surface area contributed by atoms with Crippen LogP contribution < -0.4 is 5.32 Å². The highest BCUT2D eigenvalue weighted by Crippen LogP contribution is 2.21. The van der Waals surface area contributed by atoms with Gasteiger partial charge < -0.3 is 5.32 Å². The topological polar surface area (TPSA) is 29.1 Å². The molecular weight excluding hydrogens is 138 g/mol. The van der Waals surface area contributed by atoms with Gasteiger partial charge in [0.05, 0.1) is 0 Å². The summed E-state index contributed by atoms with van der Waals surface area (Å²) in [6, 6.07) is 0. The number of hydrogen-bond donors (Lipinski definition) is 1. The number of allylic oxidation sites excluding steroid dienone is 2. The quantitative estimate of drug-likeness (QED) is 0.552. The molecule has 2 heteroatoms. The van der Waals surface area contributed by atoms with Crippen molar-refractivity contribution < 1.29 is 4.79 Å². The molecule has 1 heterocycles. The zero-order valence-corrected chi connectivity index (χ0v) is 6.39. The van der Waals surface area contributed by atoms with Crippen molar-refractivity contribution >= 4 is 5.78 Å². The lowest BCUT2D eigenvalue weighted by Crippen LogP contribution is -2.27. The van der Waals surface area contributed by atoms with Gasteiger partial charge in [0.2, 0.25) is 0 Å². The Kier molecular flexibility index (Phi) is 1.62. The van der Waals surface area contributed by atoms with Gasteiger partial charge in [0.1, 0.15) is 0 Å². The van der Waals surface area contributed by atoms with Crippen LogP contribution in [0.1, 0.15) is 12.8 Å². The fourth-order valence-electron chi connectivity index (χ4n) is 1.59. The van der Waals surface area contributed by atoms with Gasteiger partial charge in [-0.3, -0.25) is 4.79 Å².